The van der Waals surface area contributed by atoms with Gasteiger partial charge in [0.05, 0.1) is 0 Å². The number of carbonyl (C=O) groups is 1. The molecule has 1 aliphatic rings. The number of hydrogen-bond donors (Lipinski definition) is 1. The largest absolute Gasteiger partial charge is 0.396 e. The smallest absolute Gasteiger partial charge is 0.135 e. The van der Waals surface area contributed by atoms with Gasteiger partial charge in [-0.1, -0.05) is 64.2 Å². The summed E-state index contributed by atoms with van der Waals surface area (Å²) in [6.07, 6.45) is 18.0. The molecular formula is C18H34O2. The minimum absolute atomic E-state index is 0.342. The van der Waals surface area contributed by atoms with E-state index in [-0.39, 0.29) is 0 Å². The quantitative estimate of drug-likeness (QED) is 0.510. The topological polar surface area (TPSA) is 37.3 Å². The summed E-state index contributed by atoms with van der Waals surface area (Å²) in [4.78, 5) is 12.0. The lowest BCUT2D eigenvalue weighted by atomic mass is 9.84. The highest BCUT2D eigenvalue weighted by Gasteiger charge is 2.19. The second kappa shape index (κ2) is 12.4. The monoisotopic (exact) mass is 282 g/mol. The Hall–Kier alpha value is -0.370. The fourth-order valence-electron chi connectivity index (χ4n) is 3.28. The van der Waals surface area contributed by atoms with E-state index in [4.69, 9.17) is 5.11 Å². The van der Waals surface area contributed by atoms with Gasteiger partial charge in [-0.25, -0.2) is 0 Å². The fourth-order valence-corrected chi connectivity index (χ4v) is 3.28. The molecule has 0 aromatic rings. The van der Waals surface area contributed by atoms with Gasteiger partial charge < -0.3 is 5.11 Å². The molecule has 0 aliphatic heterocycles. The molecule has 2 heteroatoms. The predicted octanol–water partition coefficient (Wildman–Crippen LogP) is 5.03. The van der Waals surface area contributed by atoms with Gasteiger partial charge in [-0.15, -0.1) is 0 Å². The number of unbranched alkanes of at least 4 members (excludes halogenated alkanes) is 8. The van der Waals surface area contributed by atoms with Gasteiger partial charge in [-0.3, -0.25) is 4.79 Å². The molecule has 0 spiro atoms. The maximum absolute atomic E-state index is 12.0. The lowest BCUT2D eigenvalue weighted by Crippen LogP contribution is -2.17. The summed E-state index contributed by atoms with van der Waals surface area (Å²) in [5, 5.41) is 8.68. The molecule has 1 N–H and O–H groups in total. The van der Waals surface area contributed by atoms with Crippen LogP contribution in [-0.2, 0) is 4.79 Å². The first-order chi connectivity index (χ1) is 9.84. The zero-order valence-electron chi connectivity index (χ0n) is 13.2. The minimum Gasteiger partial charge on any atom is -0.396 e. The van der Waals surface area contributed by atoms with Gasteiger partial charge in [0.1, 0.15) is 5.78 Å². The van der Waals surface area contributed by atoms with Crippen LogP contribution in [0.1, 0.15) is 96.3 Å². The number of aliphatic hydroxyl groups excluding tert-OH is 1. The molecule has 0 aromatic heterocycles. The molecule has 0 saturated heterocycles. The van der Waals surface area contributed by atoms with Crippen LogP contribution in [0.2, 0.25) is 0 Å². The number of aliphatic hydroxyl groups is 1. The SMILES string of the molecule is O=C(CCCCCCCCCCCO)C1CCCCC1. The second-order valence-electron chi connectivity index (χ2n) is 6.46. The van der Waals surface area contributed by atoms with Crippen molar-refractivity contribution in [3.05, 3.63) is 0 Å². The molecule has 0 unspecified atom stereocenters. The van der Waals surface area contributed by atoms with Crippen LogP contribution in [0.4, 0.5) is 0 Å². The summed E-state index contributed by atoms with van der Waals surface area (Å²) in [7, 11) is 0. The van der Waals surface area contributed by atoms with E-state index >= 15 is 0 Å². The zero-order valence-corrected chi connectivity index (χ0v) is 13.2. The average molecular weight is 282 g/mol. The Morgan fingerprint density at radius 2 is 1.25 bits per heavy atom. The summed E-state index contributed by atoms with van der Waals surface area (Å²) in [5.41, 5.74) is 0. The van der Waals surface area contributed by atoms with Crippen LogP contribution in [0, 0.1) is 5.92 Å². The van der Waals surface area contributed by atoms with Crippen molar-refractivity contribution in [3.63, 3.8) is 0 Å². The number of ketones is 1. The molecule has 0 heterocycles. The molecule has 1 saturated carbocycles. The summed E-state index contributed by atoms with van der Waals surface area (Å²) in [5.74, 6) is 0.962. The number of hydrogen-bond acceptors (Lipinski definition) is 2. The van der Waals surface area contributed by atoms with Crippen molar-refractivity contribution in [2.24, 2.45) is 5.92 Å². The molecule has 1 aliphatic carbocycles. The van der Waals surface area contributed by atoms with E-state index in [2.05, 4.69) is 0 Å². The Labute approximate surface area is 125 Å². The third-order valence-corrected chi connectivity index (χ3v) is 4.64. The summed E-state index contributed by atoms with van der Waals surface area (Å²) in [6, 6.07) is 0. The molecule has 20 heavy (non-hydrogen) atoms. The molecule has 118 valence electrons. The van der Waals surface area contributed by atoms with Crippen LogP contribution < -0.4 is 0 Å². The van der Waals surface area contributed by atoms with Gasteiger partial charge >= 0.3 is 0 Å². The number of carbonyl (C=O) groups excluding carboxylic acids is 1. The Bertz CT molecular complexity index is 232. The first kappa shape index (κ1) is 17.7. The highest BCUT2D eigenvalue weighted by Crippen LogP contribution is 2.26. The highest BCUT2D eigenvalue weighted by molar-refractivity contribution is 5.80. The van der Waals surface area contributed by atoms with Gasteiger partial charge in [0.2, 0.25) is 0 Å². The van der Waals surface area contributed by atoms with Crippen LogP contribution in [0.15, 0.2) is 0 Å². The van der Waals surface area contributed by atoms with Crippen LogP contribution in [0.3, 0.4) is 0 Å². The first-order valence-electron chi connectivity index (χ1n) is 8.98. The van der Waals surface area contributed by atoms with Crippen molar-refractivity contribution < 1.29 is 9.90 Å². The lowest BCUT2D eigenvalue weighted by Gasteiger charge is -2.20. The molecule has 1 rings (SSSR count). The minimum atomic E-state index is 0.342. The van der Waals surface area contributed by atoms with E-state index in [1.165, 1.54) is 64.2 Å². The van der Waals surface area contributed by atoms with E-state index in [0.29, 0.717) is 18.3 Å². The van der Waals surface area contributed by atoms with Crippen molar-refractivity contribution in [2.75, 3.05) is 6.61 Å². The lowest BCUT2D eigenvalue weighted by molar-refractivity contribution is -0.123. The van der Waals surface area contributed by atoms with E-state index < -0.39 is 0 Å². The number of rotatable bonds is 12. The molecule has 0 radical (unpaired) electrons. The maximum atomic E-state index is 12.0. The Kier molecular flexibility index (Phi) is 10.9. The average Bonchev–Trinajstić information content (AvgIpc) is 2.50. The Morgan fingerprint density at radius 3 is 1.80 bits per heavy atom. The van der Waals surface area contributed by atoms with Crippen LogP contribution in [-0.4, -0.2) is 17.5 Å². The van der Waals surface area contributed by atoms with Crippen molar-refractivity contribution in [2.45, 2.75) is 96.3 Å². The van der Waals surface area contributed by atoms with Crippen molar-refractivity contribution in [1.82, 2.24) is 0 Å². The van der Waals surface area contributed by atoms with Crippen molar-refractivity contribution in [3.8, 4) is 0 Å². The zero-order chi connectivity index (χ0) is 14.5. The van der Waals surface area contributed by atoms with Gasteiger partial charge in [0.15, 0.2) is 0 Å². The van der Waals surface area contributed by atoms with Gasteiger partial charge in [-0.2, -0.15) is 0 Å². The highest BCUT2D eigenvalue weighted by atomic mass is 16.2. The third-order valence-electron chi connectivity index (χ3n) is 4.64. The van der Waals surface area contributed by atoms with E-state index in [1.54, 1.807) is 0 Å². The van der Waals surface area contributed by atoms with Crippen LogP contribution >= 0.6 is 0 Å². The third kappa shape index (κ3) is 8.73. The predicted molar refractivity (Wildman–Crippen MR) is 84.8 cm³/mol. The fraction of sp³-hybridized carbons (Fsp3) is 0.944. The Balaban J connectivity index is 1.83. The summed E-state index contributed by atoms with van der Waals surface area (Å²) >= 11 is 0. The van der Waals surface area contributed by atoms with Crippen molar-refractivity contribution in [1.29, 1.82) is 0 Å². The Morgan fingerprint density at radius 1 is 0.750 bits per heavy atom. The van der Waals surface area contributed by atoms with Crippen molar-refractivity contribution >= 4 is 5.78 Å². The van der Waals surface area contributed by atoms with Crippen LogP contribution in [0.25, 0.3) is 0 Å². The maximum Gasteiger partial charge on any atom is 0.135 e. The van der Waals surface area contributed by atoms with Gasteiger partial charge in [-0.05, 0) is 25.7 Å². The number of Topliss-reactive ketones (excluding diaryl/α,β-unsaturated/α-hetero) is 1. The van der Waals surface area contributed by atoms with Gasteiger partial charge in [0.25, 0.3) is 0 Å². The molecule has 0 bridgehead atoms. The first-order valence-corrected chi connectivity index (χ1v) is 8.98. The van der Waals surface area contributed by atoms with Gasteiger partial charge in [0, 0.05) is 18.9 Å². The molecular weight excluding hydrogens is 248 g/mol. The second-order valence-corrected chi connectivity index (χ2v) is 6.46. The molecule has 0 aromatic carbocycles. The summed E-state index contributed by atoms with van der Waals surface area (Å²) < 4.78 is 0. The normalized spacial score (nSPS) is 16.4. The van der Waals surface area contributed by atoms with E-state index in [9.17, 15) is 4.79 Å². The molecule has 0 atom stereocenters. The summed E-state index contributed by atoms with van der Waals surface area (Å²) in [6.45, 7) is 0.342. The molecule has 2 nitrogen and oxygen atoms in total. The molecule has 1 fully saturated rings. The van der Waals surface area contributed by atoms with E-state index in [0.717, 1.165) is 32.1 Å². The molecule has 0 amide bonds. The van der Waals surface area contributed by atoms with E-state index in [1.807, 2.05) is 0 Å². The van der Waals surface area contributed by atoms with Crippen LogP contribution in [0.5, 0.6) is 0 Å². The standard InChI is InChI=1S/C18H34O2/c19-16-12-7-5-3-1-2-4-6-11-15-18(20)17-13-9-8-10-14-17/h17,19H,1-16H2.